The van der Waals surface area contributed by atoms with Crippen LogP contribution in [0.4, 0.5) is 10.1 Å². The van der Waals surface area contributed by atoms with Crippen LogP contribution in [0.5, 0.6) is 0 Å². The summed E-state index contributed by atoms with van der Waals surface area (Å²) < 4.78 is 13.4. The molecule has 3 amide bonds. The number of nitrogens with zero attached hydrogens (tertiary/aromatic N) is 2. The number of carbonyl (C=O) groups excluding carboxylic acids is 3. The fourth-order valence-corrected chi connectivity index (χ4v) is 4.36. The van der Waals surface area contributed by atoms with Crippen LogP contribution in [-0.4, -0.2) is 41.8 Å². The SMILES string of the molecule is CCNC(=O)C(CC)N(Cc1ccc(F)cc1)C(=O)CN1C(=O)c2cccc3cccc1c23. The fraction of sp³-hybridized carbons (Fsp3) is 0.269. The minimum atomic E-state index is -0.710. The molecule has 0 bridgehead atoms. The lowest BCUT2D eigenvalue weighted by Crippen LogP contribution is -2.52. The molecule has 0 aromatic heterocycles. The first-order valence-electron chi connectivity index (χ1n) is 11.1. The number of halogens is 1. The summed E-state index contributed by atoms with van der Waals surface area (Å²) in [7, 11) is 0. The predicted molar refractivity (Wildman–Crippen MR) is 125 cm³/mol. The lowest BCUT2D eigenvalue weighted by molar-refractivity contribution is -0.140. The van der Waals surface area contributed by atoms with Gasteiger partial charge in [0.15, 0.2) is 0 Å². The normalized spacial score (nSPS) is 13.3. The fourth-order valence-electron chi connectivity index (χ4n) is 4.36. The van der Waals surface area contributed by atoms with E-state index in [0.717, 1.165) is 10.8 Å². The molecule has 7 heteroatoms. The van der Waals surface area contributed by atoms with Crippen molar-refractivity contribution in [1.29, 1.82) is 0 Å². The minimum absolute atomic E-state index is 0.133. The van der Waals surface area contributed by atoms with Crippen molar-refractivity contribution in [3.63, 3.8) is 0 Å². The van der Waals surface area contributed by atoms with Gasteiger partial charge in [0, 0.05) is 24.0 Å². The molecule has 0 saturated carbocycles. The molecular formula is C26H26FN3O3. The van der Waals surface area contributed by atoms with Crippen LogP contribution >= 0.6 is 0 Å². The maximum Gasteiger partial charge on any atom is 0.259 e. The van der Waals surface area contributed by atoms with Gasteiger partial charge in [0.05, 0.1) is 5.69 Å². The van der Waals surface area contributed by atoms with Crippen LogP contribution in [0.2, 0.25) is 0 Å². The van der Waals surface area contributed by atoms with Gasteiger partial charge in [0.2, 0.25) is 11.8 Å². The van der Waals surface area contributed by atoms with E-state index in [1.165, 1.54) is 21.9 Å². The van der Waals surface area contributed by atoms with Gasteiger partial charge in [-0.3, -0.25) is 19.3 Å². The van der Waals surface area contributed by atoms with Gasteiger partial charge in [-0.2, -0.15) is 0 Å². The first-order chi connectivity index (χ1) is 15.9. The van der Waals surface area contributed by atoms with Crippen LogP contribution in [0, 0.1) is 5.82 Å². The summed E-state index contributed by atoms with van der Waals surface area (Å²) in [6.45, 7) is 4.04. The van der Waals surface area contributed by atoms with Crippen LogP contribution in [0.15, 0.2) is 60.7 Å². The van der Waals surface area contributed by atoms with Gasteiger partial charge >= 0.3 is 0 Å². The van der Waals surface area contributed by atoms with Gasteiger partial charge in [0.1, 0.15) is 18.4 Å². The van der Waals surface area contributed by atoms with E-state index in [9.17, 15) is 18.8 Å². The van der Waals surface area contributed by atoms with E-state index in [1.807, 2.05) is 44.2 Å². The molecule has 1 unspecified atom stereocenters. The highest BCUT2D eigenvalue weighted by Gasteiger charge is 2.34. The quantitative estimate of drug-likeness (QED) is 0.570. The van der Waals surface area contributed by atoms with E-state index in [4.69, 9.17) is 0 Å². The largest absolute Gasteiger partial charge is 0.355 e. The molecule has 1 heterocycles. The van der Waals surface area contributed by atoms with Crippen molar-refractivity contribution in [2.45, 2.75) is 32.9 Å². The van der Waals surface area contributed by atoms with Crippen LogP contribution < -0.4 is 10.2 Å². The molecular weight excluding hydrogens is 421 g/mol. The van der Waals surface area contributed by atoms with E-state index in [1.54, 1.807) is 18.2 Å². The molecule has 0 fully saturated rings. The molecule has 4 rings (SSSR count). The third-order valence-corrected chi connectivity index (χ3v) is 5.95. The molecule has 0 radical (unpaired) electrons. The number of likely N-dealkylation sites (N-methyl/N-ethyl adjacent to an activating group) is 1. The molecule has 1 aliphatic heterocycles. The molecule has 0 spiro atoms. The second kappa shape index (κ2) is 9.40. The minimum Gasteiger partial charge on any atom is -0.355 e. The molecule has 33 heavy (non-hydrogen) atoms. The van der Waals surface area contributed by atoms with Crippen molar-refractivity contribution in [3.8, 4) is 0 Å². The standard InChI is InChI=1S/C26H26FN3O3/c1-3-21(25(32)28-4-2)29(15-17-11-13-19(27)14-12-17)23(31)16-30-22-10-6-8-18-7-5-9-20(24(18)22)26(30)33/h5-14,21H,3-4,15-16H2,1-2H3,(H,28,32). The Morgan fingerprint density at radius 1 is 1.03 bits per heavy atom. The Balaban J connectivity index is 1.65. The highest BCUT2D eigenvalue weighted by Crippen LogP contribution is 2.37. The zero-order valence-electron chi connectivity index (χ0n) is 18.7. The van der Waals surface area contributed by atoms with E-state index >= 15 is 0 Å². The summed E-state index contributed by atoms with van der Waals surface area (Å²) in [6, 6.07) is 16.3. The smallest absolute Gasteiger partial charge is 0.259 e. The lowest BCUT2D eigenvalue weighted by atomic mass is 10.1. The second-order valence-corrected chi connectivity index (χ2v) is 8.04. The van der Waals surface area contributed by atoms with Crippen molar-refractivity contribution in [2.75, 3.05) is 18.0 Å². The Morgan fingerprint density at radius 2 is 1.73 bits per heavy atom. The summed E-state index contributed by atoms with van der Waals surface area (Å²) in [4.78, 5) is 42.4. The third kappa shape index (κ3) is 4.31. The number of amides is 3. The molecule has 6 nitrogen and oxygen atoms in total. The lowest BCUT2D eigenvalue weighted by Gasteiger charge is -2.32. The first kappa shape index (κ1) is 22.5. The number of carbonyl (C=O) groups is 3. The topological polar surface area (TPSA) is 69.7 Å². The maximum absolute atomic E-state index is 13.6. The number of nitrogens with one attached hydrogen (secondary N) is 1. The zero-order chi connectivity index (χ0) is 23.5. The molecule has 1 N–H and O–H groups in total. The number of benzene rings is 3. The van der Waals surface area contributed by atoms with E-state index in [2.05, 4.69) is 5.32 Å². The van der Waals surface area contributed by atoms with Gasteiger partial charge in [-0.15, -0.1) is 0 Å². The predicted octanol–water partition coefficient (Wildman–Crippen LogP) is 3.88. The Hall–Kier alpha value is -3.74. The van der Waals surface area contributed by atoms with E-state index in [-0.39, 0.29) is 36.6 Å². The zero-order valence-corrected chi connectivity index (χ0v) is 18.7. The number of hydrogen-bond donors (Lipinski definition) is 1. The summed E-state index contributed by atoms with van der Waals surface area (Å²) >= 11 is 0. The Labute approximate surface area is 192 Å². The molecule has 1 atom stereocenters. The molecule has 1 aliphatic rings. The van der Waals surface area contributed by atoms with Crippen molar-refractivity contribution in [2.24, 2.45) is 0 Å². The molecule has 0 aliphatic carbocycles. The highest BCUT2D eigenvalue weighted by molar-refractivity contribution is 6.26. The molecule has 3 aromatic rings. The third-order valence-electron chi connectivity index (χ3n) is 5.95. The molecule has 0 saturated heterocycles. The molecule has 170 valence electrons. The highest BCUT2D eigenvalue weighted by atomic mass is 19.1. The van der Waals surface area contributed by atoms with E-state index < -0.39 is 6.04 Å². The van der Waals surface area contributed by atoms with Gasteiger partial charge < -0.3 is 10.2 Å². The second-order valence-electron chi connectivity index (χ2n) is 8.04. The summed E-state index contributed by atoms with van der Waals surface area (Å²) in [6.07, 6.45) is 0.405. The van der Waals surface area contributed by atoms with Crippen molar-refractivity contribution in [1.82, 2.24) is 10.2 Å². The monoisotopic (exact) mass is 447 g/mol. The summed E-state index contributed by atoms with van der Waals surface area (Å²) in [5.41, 5.74) is 1.96. The Morgan fingerprint density at radius 3 is 2.39 bits per heavy atom. The van der Waals surface area contributed by atoms with Gasteiger partial charge in [-0.1, -0.05) is 43.3 Å². The van der Waals surface area contributed by atoms with Crippen LogP contribution in [-0.2, 0) is 16.1 Å². The van der Waals surface area contributed by atoms with Gasteiger partial charge in [0.25, 0.3) is 5.91 Å². The van der Waals surface area contributed by atoms with Gasteiger partial charge in [-0.25, -0.2) is 4.39 Å². The summed E-state index contributed by atoms with van der Waals surface area (Å²) in [5.74, 6) is -1.21. The number of anilines is 1. The van der Waals surface area contributed by atoms with Crippen molar-refractivity contribution >= 4 is 34.2 Å². The van der Waals surface area contributed by atoms with Crippen molar-refractivity contribution in [3.05, 3.63) is 77.6 Å². The van der Waals surface area contributed by atoms with Crippen LogP contribution in [0.1, 0.15) is 36.2 Å². The Kier molecular flexibility index (Phi) is 6.40. The van der Waals surface area contributed by atoms with Crippen LogP contribution in [0.3, 0.4) is 0 Å². The van der Waals surface area contributed by atoms with Crippen LogP contribution in [0.25, 0.3) is 10.8 Å². The summed E-state index contributed by atoms with van der Waals surface area (Å²) in [5, 5.41) is 4.55. The maximum atomic E-state index is 13.6. The van der Waals surface area contributed by atoms with Crippen molar-refractivity contribution < 1.29 is 18.8 Å². The number of rotatable bonds is 8. The van der Waals surface area contributed by atoms with Gasteiger partial charge in [-0.05, 0) is 48.6 Å². The average molecular weight is 448 g/mol. The molecule has 3 aromatic carbocycles. The number of hydrogen-bond acceptors (Lipinski definition) is 3. The Bertz CT molecular complexity index is 1200. The van der Waals surface area contributed by atoms with E-state index in [0.29, 0.717) is 29.8 Å². The average Bonchev–Trinajstić information content (AvgIpc) is 3.08. The first-order valence-corrected chi connectivity index (χ1v) is 11.1.